The number of halogens is 1. The Hall–Kier alpha value is -3.45. The summed E-state index contributed by atoms with van der Waals surface area (Å²) in [6.07, 6.45) is 1.65. The first-order chi connectivity index (χ1) is 15.0. The second-order valence-electron chi connectivity index (χ2n) is 6.97. The Labute approximate surface area is 187 Å². The predicted octanol–water partition coefficient (Wildman–Crippen LogP) is 5.03. The summed E-state index contributed by atoms with van der Waals surface area (Å²) < 4.78 is 12.9. The van der Waals surface area contributed by atoms with Crippen molar-refractivity contribution in [3.05, 3.63) is 86.6 Å². The maximum atomic E-state index is 13.4. The van der Waals surface area contributed by atoms with Crippen molar-refractivity contribution in [3.63, 3.8) is 0 Å². The minimum Gasteiger partial charge on any atom is -0.497 e. The largest absolute Gasteiger partial charge is 0.497 e. The molecular formula is C24H20BrN3O3. The third kappa shape index (κ3) is 4.36. The number of methoxy groups -OCH3 is 2. The number of fused-ring (bicyclic) bond motifs is 1. The third-order valence-corrected chi connectivity index (χ3v) is 5.28. The number of ether oxygens (including phenoxy) is 2. The Morgan fingerprint density at radius 3 is 2.42 bits per heavy atom. The zero-order chi connectivity index (χ0) is 22.0. The number of nitrogens with zero attached hydrogens (tertiary/aromatic N) is 3. The molecule has 4 aromatic rings. The summed E-state index contributed by atoms with van der Waals surface area (Å²) >= 11 is 3.43. The first kappa shape index (κ1) is 20.8. The Balaban J connectivity index is 1.98. The van der Waals surface area contributed by atoms with Crippen molar-refractivity contribution in [3.8, 4) is 22.9 Å². The van der Waals surface area contributed by atoms with Crippen LogP contribution in [-0.4, -0.2) is 30.1 Å². The lowest BCUT2D eigenvalue weighted by Gasteiger charge is -2.12. The van der Waals surface area contributed by atoms with Crippen LogP contribution < -0.4 is 15.0 Å². The molecule has 1 aromatic heterocycles. The molecule has 31 heavy (non-hydrogen) atoms. The summed E-state index contributed by atoms with van der Waals surface area (Å²) in [4.78, 5) is 18.1. The minimum absolute atomic E-state index is 0.271. The highest BCUT2D eigenvalue weighted by Gasteiger charge is 2.15. The smallest absolute Gasteiger partial charge is 0.282 e. The molecule has 0 atom stereocenters. The van der Waals surface area contributed by atoms with E-state index in [1.165, 1.54) is 4.68 Å². The van der Waals surface area contributed by atoms with Crippen LogP contribution in [0.4, 0.5) is 0 Å². The van der Waals surface area contributed by atoms with Gasteiger partial charge < -0.3 is 9.47 Å². The van der Waals surface area contributed by atoms with Gasteiger partial charge in [0, 0.05) is 16.1 Å². The molecule has 0 aliphatic heterocycles. The van der Waals surface area contributed by atoms with Gasteiger partial charge in [-0.25, -0.2) is 4.98 Å². The van der Waals surface area contributed by atoms with Gasteiger partial charge in [0.25, 0.3) is 5.56 Å². The average Bonchev–Trinajstić information content (AvgIpc) is 2.78. The van der Waals surface area contributed by atoms with E-state index in [1.807, 2.05) is 37.3 Å². The van der Waals surface area contributed by atoms with Gasteiger partial charge in [-0.05, 0) is 42.8 Å². The molecule has 7 heteroatoms. The van der Waals surface area contributed by atoms with E-state index in [9.17, 15) is 4.79 Å². The molecule has 0 fully saturated rings. The van der Waals surface area contributed by atoms with Crippen molar-refractivity contribution < 1.29 is 9.47 Å². The highest BCUT2D eigenvalue weighted by molar-refractivity contribution is 9.10. The molecule has 4 rings (SSSR count). The van der Waals surface area contributed by atoms with E-state index in [2.05, 4.69) is 21.0 Å². The molecule has 0 saturated carbocycles. The number of aryl methyl sites for hydroxylation is 1. The number of aromatic nitrogens is 2. The SMILES string of the molecule is COc1cc(OC)cc(-c2nc3ccc(Br)cc3c(=O)n2N=Cc2cccc(C)c2)c1. The minimum atomic E-state index is -0.271. The summed E-state index contributed by atoms with van der Waals surface area (Å²) in [5, 5.41) is 4.97. The maximum Gasteiger partial charge on any atom is 0.282 e. The van der Waals surface area contributed by atoms with Gasteiger partial charge in [-0.15, -0.1) is 0 Å². The first-order valence-corrected chi connectivity index (χ1v) is 10.3. The highest BCUT2D eigenvalue weighted by Crippen LogP contribution is 2.29. The summed E-state index contributed by atoms with van der Waals surface area (Å²) in [7, 11) is 3.15. The molecule has 0 N–H and O–H groups in total. The van der Waals surface area contributed by atoms with Crippen LogP contribution in [0.5, 0.6) is 11.5 Å². The van der Waals surface area contributed by atoms with Gasteiger partial charge in [-0.3, -0.25) is 4.79 Å². The quantitative estimate of drug-likeness (QED) is 0.378. The van der Waals surface area contributed by atoms with Gasteiger partial charge in [0.05, 0.1) is 31.3 Å². The molecule has 0 saturated heterocycles. The molecule has 0 unspecified atom stereocenters. The second kappa shape index (κ2) is 8.73. The summed E-state index contributed by atoms with van der Waals surface area (Å²) in [6.45, 7) is 2.01. The van der Waals surface area contributed by atoms with Crippen LogP contribution in [0, 0.1) is 6.92 Å². The molecule has 0 bridgehead atoms. The topological polar surface area (TPSA) is 65.7 Å². The molecule has 0 aliphatic rings. The van der Waals surface area contributed by atoms with Crippen LogP contribution in [-0.2, 0) is 0 Å². The highest BCUT2D eigenvalue weighted by atomic mass is 79.9. The number of rotatable bonds is 5. The summed E-state index contributed by atoms with van der Waals surface area (Å²) in [6, 6.07) is 18.6. The Kier molecular flexibility index (Phi) is 5.86. The maximum absolute atomic E-state index is 13.4. The fourth-order valence-electron chi connectivity index (χ4n) is 3.25. The summed E-state index contributed by atoms with van der Waals surface area (Å²) in [5.41, 5.74) is 2.95. The standard InChI is InChI=1S/C24H20BrN3O3/c1-15-5-4-6-16(9-15)14-26-28-23(17-10-19(30-2)13-20(11-17)31-3)27-22-8-7-18(25)12-21(22)24(28)29/h4-14H,1-3H3. The van der Waals surface area contributed by atoms with Gasteiger partial charge in [-0.2, -0.15) is 9.78 Å². The first-order valence-electron chi connectivity index (χ1n) is 9.55. The summed E-state index contributed by atoms with van der Waals surface area (Å²) in [5.74, 6) is 1.57. The van der Waals surface area contributed by atoms with Crippen LogP contribution in [0.1, 0.15) is 11.1 Å². The molecule has 0 spiro atoms. The molecule has 0 radical (unpaired) electrons. The van der Waals surface area contributed by atoms with Crippen molar-refractivity contribution in [2.24, 2.45) is 5.10 Å². The second-order valence-corrected chi connectivity index (χ2v) is 7.89. The normalized spacial score (nSPS) is 11.2. The van der Waals surface area contributed by atoms with Crippen molar-refractivity contribution in [2.45, 2.75) is 6.92 Å². The van der Waals surface area contributed by atoms with E-state index >= 15 is 0 Å². The predicted molar refractivity (Wildman–Crippen MR) is 126 cm³/mol. The van der Waals surface area contributed by atoms with Crippen LogP contribution in [0.25, 0.3) is 22.3 Å². The fraction of sp³-hybridized carbons (Fsp3) is 0.125. The van der Waals surface area contributed by atoms with Gasteiger partial charge in [-0.1, -0.05) is 45.8 Å². The van der Waals surface area contributed by atoms with Gasteiger partial charge in [0.2, 0.25) is 0 Å². The van der Waals surface area contributed by atoms with E-state index < -0.39 is 0 Å². The van der Waals surface area contributed by atoms with Gasteiger partial charge in [0.15, 0.2) is 5.82 Å². The van der Waals surface area contributed by atoms with Crippen LogP contribution in [0.3, 0.4) is 0 Å². The molecule has 6 nitrogen and oxygen atoms in total. The molecule has 0 amide bonds. The lowest BCUT2D eigenvalue weighted by Crippen LogP contribution is -2.20. The number of hydrogen-bond donors (Lipinski definition) is 0. The van der Waals surface area contributed by atoms with Crippen LogP contribution in [0.15, 0.2) is 75.0 Å². The zero-order valence-corrected chi connectivity index (χ0v) is 18.9. The molecule has 0 aliphatic carbocycles. The average molecular weight is 478 g/mol. The van der Waals surface area contributed by atoms with E-state index in [0.29, 0.717) is 33.8 Å². The van der Waals surface area contributed by atoms with E-state index in [4.69, 9.17) is 14.5 Å². The monoisotopic (exact) mass is 477 g/mol. The molecule has 1 heterocycles. The van der Waals surface area contributed by atoms with Crippen molar-refractivity contribution in [2.75, 3.05) is 14.2 Å². The lowest BCUT2D eigenvalue weighted by molar-refractivity contribution is 0.394. The van der Waals surface area contributed by atoms with E-state index in [1.54, 1.807) is 50.8 Å². The van der Waals surface area contributed by atoms with Crippen molar-refractivity contribution in [1.82, 2.24) is 9.66 Å². The number of hydrogen-bond acceptors (Lipinski definition) is 5. The molecular weight excluding hydrogens is 458 g/mol. The number of benzene rings is 3. The zero-order valence-electron chi connectivity index (χ0n) is 17.3. The van der Waals surface area contributed by atoms with Gasteiger partial charge in [0.1, 0.15) is 11.5 Å². The van der Waals surface area contributed by atoms with E-state index in [0.717, 1.165) is 15.6 Å². The Morgan fingerprint density at radius 1 is 1.00 bits per heavy atom. The van der Waals surface area contributed by atoms with Crippen molar-refractivity contribution in [1.29, 1.82) is 0 Å². The van der Waals surface area contributed by atoms with Crippen molar-refractivity contribution >= 4 is 33.0 Å². The Morgan fingerprint density at radius 2 is 1.74 bits per heavy atom. The van der Waals surface area contributed by atoms with Gasteiger partial charge >= 0.3 is 0 Å². The lowest BCUT2D eigenvalue weighted by atomic mass is 10.1. The van der Waals surface area contributed by atoms with Crippen LogP contribution >= 0.6 is 15.9 Å². The van der Waals surface area contributed by atoms with E-state index in [-0.39, 0.29) is 5.56 Å². The molecule has 156 valence electrons. The molecule has 3 aromatic carbocycles. The Bertz CT molecular complexity index is 1340. The fourth-order valence-corrected chi connectivity index (χ4v) is 3.62. The van der Waals surface area contributed by atoms with Crippen LogP contribution in [0.2, 0.25) is 0 Å². The third-order valence-electron chi connectivity index (χ3n) is 4.78.